The number of imidazole rings is 1. The van der Waals surface area contributed by atoms with E-state index in [1.807, 2.05) is 54.1 Å². The van der Waals surface area contributed by atoms with Crippen LogP contribution in [-0.2, 0) is 13.0 Å². The molecule has 4 nitrogen and oxygen atoms in total. The number of rotatable bonds is 3. The number of halogens is 1. The largest absolute Gasteiger partial charge is 0.384 e. The van der Waals surface area contributed by atoms with Gasteiger partial charge in [0, 0.05) is 30.0 Å². The highest BCUT2D eigenvalue weighted by atomic mass is 35.5. The Bertz CT molecular complexity index is 945. The van der Waals surface area contributed by atoms with E-state index in [-0.39, 0.29) is 0 Å². The predicted molar refractivity (Wildman–Crippen MR) is 99.2 cm³/mol. The molecular weight excluding hydrogens is 334 g/mol. The van der Waals surface area contributed by atoms with Crippen LogP contribution in [0.1, 0.15) is 29.3 Å². The molecule has 1 unspecified atom stereocenters. The zero-order valence-electron chi connectivity index (χ0n) is 13.9. The number of benzene rings is 1. The fraction of sp³-hybridized carbons (Fsp3) is 0.200. The summed E-state index contributed by atoms with van der Waals surface area (Å²) >= 11 is 6.26. The van der Waals surface area contributed by atoms with Gasteiger partial charge in [-0.05, 0) is 53.5 Å². The lowest BCUT2D eigenvalue weighted by Gasteiger charge is -2.28. The van der Waals surface area contributed by atoms with Crippen molar-refractivity contribution in [3.63, 3.8) is 0 Å². The van der Waals surface area contributed by atoms with Crippen LogP contribution in [0.4, 0.5) is 0 Å². The lowest BCUT2D eigenvalue weighted by atomic mass is 9.86. The summed E-state index contributed by atoms with van der Waals surface area (Å²) in [6.45, 7) is 2.23. The first-order chi connectivity index (χ1) is 12.0. The van der Waals surface area contributed by atoms with E-state index in [0.717, 1.165) is 28.0 Å². The van der Waals surface area contributed by atoms with Crippen molar-refractivity contribution >= 4 is 23.3 Å². The van der Waals surface area contributed by atoms with Crippen LogP contribution in [0, 0.1) is 0 Å². The summed E-state index contributed by atoms with van der Waals surface area (Å²) in [5.41, 5.74) is 3.85. The monoisotopic (exact) mass is 351 g/mol. The Kier molecular flexibility index (Phi) is 3.94. The number of pyridine rings is 1. The number of hydrogen-bond donors (Lipinski definition) is 1. The molecule has 0 radical (unpaired) electrons. The Labute approximate surface area is 151 Å². The van der Waals surface area contributed by atoms with Crippen LogP contribution in [0.3, 0.4) is 0 Å². The molecule has 4 rings (SSSR count). The zero-order valence-corrected chi connectivity index (χ0v) is 14.6. The maximum atomic E-state index is 11.3. The second kappa shape index (κ2) is 6.14. The van der Waals surface area contributed by atoms with Crippen LogP contribution in [0.2, 0.25) is 5.02 Å². The second-order valence-corrected chi connectivity index (χ2v) is 7.02. The maximum Gasteiger partial charge on any atom is 0.105 e. The van der Waals surface area contributed by atoms with Gasteiger partial charge in [-0.25, -0.2) is 4.98 Å². The number of aliphatic hydroxyl groups is 1. The van der Waals surface area contributed by atoms with Gasteiger partial charge in [-0.1, -0.05) is 23.7 Å². The third kappa shape index (κ3) is 3.11. The number of nitrogens with zero attached hydrogens (tertiary/aromatic N) is 3. The van der Waals surface area contributed by atoms with Crippen molar-refractivity contribution in [2.75, 3.05) is 0 Å². The van der Waals surface area contributed by atoms with E-state index in [9.17, 15) is 5.11 Å². The summed E-state index contributed by atoms with van der Waals surface area (Å²) in [5.74, 6) is 0. The summed E-state index contributed by atoms with van der Waals surface area (Å²) in [4.78, 5) is 8.58. The highest BCUT2D eigenvalue weighted by molar-refractivity contribution is 6.30. The normalized spacial score (nSPS) is 15.6. The Morgan fingerprint density at radius 3 is 2.96 bits per heavy atom. The molecule has 1 atom stereocenters. The first kappa shape index (κ1) is 16.1. The molecular formula is C20H18ClN3O. The molecule has 1 aliphatic carbocycles. The minimum atomic E-state index is -1.09. The summed E-state index contributed by atoms with van der Waals surface area (Å²) < 4.78 is 1.88. The van der Waals surface area contributed by atoms with Crippen LogP contribution >= 0.6 is 11.6 Å². The van der Waals surface area contributed by atoms with E-state index in [1.54, 1.807) is 18.7 Å². The smallest absolute Gasteiger partial charge is 0.105 e. The molecule has 0 saturated heterocycles. The number of hydrogen-bond acceptors (Lipinski definition) is 3. The van der Waals surface area contributed by atoms with Gasteiger partial charge in [0.2, 0.25) is 0 Å². The zero-order chi connectivity index (χ0) is 17.4. The molecule has 2 aromatic heterocycles. The Hall–Kier alpha value is -2.43. The van der Waals surface area contributed by atoms with Crippen LogP contribution in [-0.4, -0.2) is 25.2 Å². The van der Waals surface area contributed by atoms with Gasteiger partial charge in [-0.15, -0.1) is 0 Å². The first-order valence-corrected chi connectivity index (χ1v) is 8.54. The van der Waals surface area contributed by atoms with Gasteiger partial charge in [0.05, 0.1) is 18.6 Å². The highest BCUT2D eigenvalue weighted by Crippen LogP contribution is 2.38. The second-order valence-electron chi connectivity index (χ2n) is 6.58. The van der Waals surface area contributed by atoms with Crippen molar-refractivity contribution in [1.29, 1.82) is 0 Å². The van der Waals surface area contributed by atoms with E-state index in [1.165, 1.54) is 0 Å². The van der Waals surface area contributed by atoms with Crippen molar-refractivity contribution in [3.8, 4) is 0 Å². The molecule has 0 fully saturated rings. The number of fused-ring (bicyclic) bond motifs is 2. The molecule has 2 heterocycles. The Morgan fingerprint density at radius 1 is 1.28 bits per heavy atom. The lowest BCUT2D eigenvalue weighted by molar-refractivity contribution is 0.103. The maximum absolute atomic E-state index is 11.3. The fourth-order valence-electron chi connectivity index (χ4n) is 3.36. The molecule has 1 aliphatic rings. The van der Waals surface area contributed by atoms with Gasteiger partial charge >= 0.3 is 0 Å². The van der Waals surface area contributed by atoms with Crippen molar-refractivity contribution in [2.24, 2.45) is 0 Å². The average Bonchev–Trinajstić information content (AvgIpc) is 3.01. The summed E-state index contributed by atoms with van der Waals surface area (Å²) in [6.07, 6.45) is 9.81. The van der Waals surface area contributed by atoms with E-state index in [2.05, 4.69) is 9.97 Å². The van der Waals surface area contributed by atoms with Gasteiger partial charge in [-0.3, -0.25) is 4.98 Å². The van der Waals surface area contributed by atoms with Crippen LogP contribution in [0.25, 0.3) is 11.6 Å². The topological polar surface area (TPSA) is 50.9 Å². The molecule has 3 aromatic rings. The van der Waals surface area contributed by atoms with Gasteiger partial charge in [-0.2, -0.15) is 0 Å². The van der Waals surface area contributed by atoms with Crippen LogP contribution in [0.15, 0.2) is 55.2 Å². The van der Waals surface area contributed by atoms with Crippen molar-refractivity contribution in [2.45, 2.75) is 25.5 Å². The third-order valence-electron chi connectivity index (χ3n) is 4.58. The minimum absolute atomic E-state index is 0.403. The Balaban J connectivity index is 1.89. The average molecular weight is 352 g/mol. The van der Waals surface area contributed by atoms with Crippen molar-refractivity contribution < 1.29 is 5.11 Å². The van der Waals surface area contributed by atoms with Crippen LogP contribution < -0.4 is 0 Å². The van der Waals surface area contributed by atoms with Gasteiger partial charge in [0.25, 0.3) is 0 Å². The standard InChI is InChI=1S/C20H18ClN3O/c1-20(25,12-24-8-7-22-13-24)18-9-15-3-2-6-23-19(15)10-14-4-5-16(21)11-17(14)18/h2-9,11,13,25H,10,12H2,1H3. The van der Waals surface area contributed by atoms with E-state index < -0.39 is 5.60 Å². The fourth-order valence-corrected chi connectivity index (χ4v) is 3.54. The molecule has 0 aliphatic heterocycles. The molecule has 0 bridgehead atoms. The van der Waals surface area contributed by atoms with Crippen molar-refractivity contribution in [1.82, 2.24) is 14.5 Å². The molecule has 1 N–H and O–H groups in total. The predicted octanol–water partition coefficient (Wildman–Crippen LogP) is 3.83. The van der Waals surface area contributed by atoms with Gasteiger partial charge in [0.1, 0.15) is 5.60 Å². The Morgan fingerprint density at radius 2 is 2.16 bits per heavy atom. The molecule has 0 spiro atoms. The quantitative estimate of drug-likeness (QED) is 0.780. The van der Waals surface area contributed by atoms with E-state index >= 15 is 0 Å². The minimum Gasteiger partial charge on any atom is -0.384 e. The molecule has 0 amide bonds. The molecule has 0 saturated carbocycles. The van der Waals surface area contributed by atoms with Crippen LogP contribution in [0.5, 0.6) is 0 Å². The summed E-state index contributed by atoms with van der Waals surface area (Å²) in [6, 6.07) is 9.78. The summed E-state index contributed by atoms with van der Waals surface area (Å²) in [7, 11) is 0. The first-order valence-electron chi connectivity index (χ1n) is 8.16. The van der Waals surface area contributed by atoms with Gasteiger partial charge in [0.15, 0.2) is 0 Å². The SMILES string of the molecule is CC(O)(Cn1ccnc1)C1=Cc2cccnc2Cc2ccc(Cl)cc21. The summed E-state index contributed by atoms with van der Waals surface area (Å²) in [5, 5.41) is 12.0. The third-order valence-corrected chi connectivity index (χ3v) is 4.81. The number of aromatic nitrogens is 3. The van der Waals surface area contributed by atoms with E-state index in [0.29, 0.717) is 18.0 Å². The molecule has 25 heavy (non-hydrogen) atoms. The highest BCUT2D eigenvalue weighted by Gasteiger charge is 2.31. The lowest BCUT2D eigenvalue weighted by Crippen LogP contribution is -2.31. The molecule has 5 heteroatoms. The molecule has 126 valence electrons. The van der Waals surface area contributed by atoms with E-state index in [4.69, 9.17) is 11.6 Å². The molecule has 1 aromatic carbocycles. The van der Waals surface area contributed by atoms with Gasteiger partial charge < -0.3 is 9.67 Å². The van der Waals surface area contributed by atoms with Crippen molar-refractivity contribution in [3.05, 3.63) is 82.7 Å².